The maximum atomic E-state index is 11.6. The summed E-state index contributed by atoms with van der Waals surface area (Å²) in [6.45, 7) is 7.33. The Morgan fingerprint density at radius 2 is 1.94 bits per heavy atom. The molecule has 1 heterocycles. The fraction of sp³-hybridized carbons (Fsp3) is 0.833. The van der Waals surface area contributed by atoms with Crippen LogP contribution in [-0.4, -0.2) is 35.5 Å². The summed E-state index contributed by atoms with van der Waals surface area (Å²) in [6, 6.07) is 0. The van der Waals surface area contributed by atoms with Gasteiger partial charge in [0.2, 0.25) is 0 Å². The minimum Gasteiger partial charge on any atom is -0.459 e. The monoisotopic (exact) mass is 259 g/mol. The molecule has 0 spiro atoms. The number of nitrogens with one attached hydrogen (secondary N) is 1. The second-order valence-electron chi connectivity index (χ2n) is 4.88. The summed E-state index contributed by atoms with van der Waals surface area (Å²) in [5.41, 5.74) is -0.434. The van der Waals surface area contributed by atoms with Gasteiger partial charge in [-0.1, -0.05) is 11.8 Å². The van der Waals surface area contributed by atoms with Crippen LogP contribution in [0.25, 0.3) is 0 Å². The van der Waals surface area contributed by atoms with Crippen LogP contribution in [0.3, 0.4) is 0 Å². The second kappa shape index (κ2) is 6.40. The van der Waals surface area contributed by atoms with Gasteiger partial charge in [0, 0.05) is 12.8 Å². The first-order valence-corrected chi connectivity index (χ1v) is 6.96. The van der Waals surface area contributed by atoms with Crippen LogP contribution in [0.2, 0.25) is 0 Å². The molecule has 0 saturated carbocycles. The van der Waals surface area contributed by atoms with Crippen LogP contribution in [0, 0.1) is 5.92 Å². The molecule has 0 aromatic carbocycles. The molecule has 0 unspecified atom stereocenters. The van der Waals surface area contributed by atoms with Gasteiger partial charge >= 0.3 is 5.97 Å². The number of ether oxygens (including phenoxy) is 1. The summed E-state index contributed by atoms with van der Waals surface area (Å²) in [5, 5.41) is 3.24. The van der Waals surface area contributed by atoms with E-state index in [9.17, 15) is 9.59 Å². The van der Waals surface area contributed by atoms with Crippen molar-refractivity contribution >= 4 is 22.8 Å². The molecule has 0 aromatic heterocycles. The third kappa shape index (κ3) is 5.08. The van der Waals surface area contributed by atoms with Gasteiger partial charge in [-0.15, -0.1) is 0 Å². The highest BCUT2D eigenvalue weighted by molar-refractivity contribution is 8.14. The van der Waals surface area contributed by atoms with Crippen molar-refractivity contribution in [3.05, 3.63) is 0 Å². The van der Waals surface area contributed by atoms with Gasteiger partial charge in [-0.2, -0.15) is 0 Å². The highest BCUT2D eigenvalue weighted by Crippen LogP contribution is 2.29. The number of piperidine rings is 1. The first-order chi connectivity index (χ1) is 7.92. The number of hydrogen-bond acceptors (Lipinski definition) is 5. The maximum absolute atomic E-state index is 11.6. The molecule has 98 valence electrons. The molecule has 1 aliphatic heterocycles. The Morgan fingerprint density at radius 3 is 2.47 bits per heavy atom. The number of esters is 1. The van der Waals surface area contributed by atoms with Crippen LogP contribution in [0.15, 0.2) is 0 Å². The van der Waals surface area contributed by atoms with Crippen LogP contribution in [0.1, 0.15) is 33.6 Å². The number of carbonyl (C=O) groups is 2. The molecule has 1 fully saturated rings. The molecule has 0 atom stereocenters. The lowest BCUT2D eigenvalue weighted by Crippen LogP contribution is -2.43. The largest absolute Gasteiger partial charge is 0.459 e. The number of thioether (sulfide) groups is 1. The van der Waals surface area contributed by atoms with Crippen molar-refractivity contribution in [2.45, 2.75) is 39.2 Å². The van der Waals surface area contributed by atoms with Crippen molar-refractivity contribution in [2.75, 3.05) is 18.8 Å². The summed E-state index contributed by atoms with van der Waals surface area (Å²) < 4.78 is 5.49. The van der Waals surface area contributed by atoms with E-state index in [1.807, 2.05) is 13.8 Å². The van der Waals surface area contributed by atoms with Crippen molar-refractivity contribution in [2.24, 2.45) is 5.92 Å². The van der Waals surface area contributed by atoms with E-state index in [1.165, 1.54) is 6.92 Å². The molecular weight excluding hydrogens is 238 g/mol. The Hall–Kier alpha value is -0.550. The number of rotatable bonds is 4. The summed E-state index contributed by atoms with van der Waals surface area (Å²) in [6.07, 6.45) is 2.06. The summed E-state index contributed by atoms with van der Waals surface area (Å²) in [7, 11) is 0. The van der Waals surface area contributed by atoms with E-state index in [1.54, 1.807) is 0 Å². The van der Waals surface area contributed by atoms with E-state index in [0.29, 0.717) is 5.92 Å². The van der Waals surface area contributed by atoms with E-state index in [-0.39, 0.29) is 16.8 Å². The Balaban J connectivity index is 2.41. The van der Waals surface area contributed by atoms with Gasteiger partial charge in [0.15, 0.2) is 5.12 Å². The predicted octanol–water partition coefficient (Wildman–Crippen LogP) is 1.59. The second-order valence-corrected chi connectivity index (χ2v) is 6.03. The molecule has 0 aromatic rings. The van der Waals surface area contributed by atoms with E-state index in [2.05, 4.69) is 5.32 Å². The van der Waals surface area contributed by atoms with Gasteiger partial charge in [-0.05, 0) is 39.8 Å². The zero-order valence-corrected chi connectivity index (χ0v) is 11.6. The van der Waals surface area contributed by atoms with Crippen LogP contribution in [0.5, 0.6) is 0 Å². The molecule has 1 N–H and O–H groups in total. The van der Waals surface area contributed by atoms with E-state index in [0.717, 1.165) is 37.7 Å². The normalized spacial score (nSPS) is 17.8. The van der Waals surface area contributed by atoms with Crippen LogP contribution in [0.4, 0.5) is 0 Å². The molecular formula is C12H21NO3S. The molecule has 0 radical (unpaired) electrons. The molecule has 0 bridgehead atoms. The molecule has 17 heavy (non-hydrogen) atoms. The number of hydrogen-bond donors (Lipinski definition) is 1. The highest BCUT2D eigenvalue weighted by atomic mass is 32.2. The Labute approximate surface area is 107 Å². The summed E-state index contributed by atoms with van der Waals surface area (Å²) in [5.74, 6) is 0.216. The molecule has 1 aliphatic rings. The standard InChI is InChI=1S/C12H21NO3S/c1-9(14)17-8-11(15)16-12(2,3)10-4-6-13-7-5-10/h10,13H,4-8H2,1-3H3. The van der Waals surface area contributed by atoms with Crippen molar-refractivity contribution in [3.8, 4) is 0 Å². The Morgan fingerprint density at radius 1 is 1.35 bits per heavy atom. The molecule has 5 heteroatoms. The third-order valence-corrected chi connectivity index (χ3v) is 3.88. The van der Waals surface area contributed by atoms with Crippen LogP contribution in [-0.2, 0) is 14.3 Å². The fourth-order valence-electron chi connectivity index (χ4n) is 2.08. The zero-order valence-electron chi connectivity index (χ0n) is 10.7. The zero-order chi connectivity index (χ0) is 12.9. The lowest BCUT2D eigenvalue weighted by Gasteiger charge is -2.36. The average Bonchev–Trinajstić information content (AvgIpc) is 2.27. The van der Waals surface area contributed by atoms with Gasteiger partial charge in [0.05, 0.1) is 5.75 Å². The fourth-order valence-corrected chi connectivity index (χ4v) is 2.46. The SMILES string of the molecule is CC(=O)SCC(=O)OC(C)(C)C1CCNCC1. The van der Waals surface area contributed by atoms with Crippen molar-refractivity contribution in [3.63, 3.8) is 0 Å². The first-order valence-electron chi connectivity index (χ1n) is 5.98. The Bertz CT molecular complexity index is 285. The van der Waals surface area contributed by atoms with E-state index in [4.69, 9.17) is 4.74 Å². The number of carbonyl (C=O) groups excluding carboxylic acids is 2. The lowest BCUT2D eigenvalue weighted by atomic mass is 9.83. The van der Waals surface area contributed by atoms with Gasteiger partial charge in [0.1, 0.15) is 5.60 Å². The van der Waals surface area contributed by atoms with Crippen molar-refractivity contribution < 1.29 is 14.3 Å². The van der Waals surface area contributed by atoms with E-state index >= 15 is 0 Å². The average molecular weight is 259 g/mol. The molecule has 4 nitrogen and oxygen atoms in total. The highest BCUT2D eigenvalue weighted by Gasteiger charge is 2.33. The lowest BCUT2D eigenvalue weighted by molar-refractivity contribution is -0.159. The van der Waals surface area contributed by atoms with Crippen LogP contribution < -0.4 is 5.32 Å². The molecule has 1 saturated heterocycles. The predicted molar refractivity (Wildman–Crippen MR) is 68.9 cm³/mol. The molecule has 0 amide bonds. The quantitative estimate of drug-likeness (QED) is 0.777. The van der Waals surface area contributed by atoms with Gasteiger partial charge < -0.3 is 10.1 Å². The van der Waals surface area contributed by atoms with Gasteiger partial charge in [0.25, 0.3) is 0 Å². The minimum absolute atomic E-state index is 0.0541. The van der Waals surface area contributed by atoms with Crippen molar-refractivity contribution in [1.29, 1.82) is 0 Å². The van der Waals surface area contributed by atoms with Gasteiger partial charge in [-0.25, -0.2) is 0 Å². The van der Waals surface area contributed by atoms with Crippen molar-refractivity contribution in [1.82, 2.24) is 5.32 Å². The maximum Gasteiger partial charge on any atom is 0.316 e. The third-order valence-electron chi connectivity index (χ3n) is 3.09. The van der Waals surface area contributed by atoms with Gasteiger partial charge in [-0.3, -0.25) is 9.59 Å². The minimum atomic E-state index is -0.434. The molecule has 1 rings (SSSR count). The summed E-state index contributed by atoms with van der Waals surface area (Å²) >= 11 is 1.00. The topological polar surface area (TPSA) is 55.4 Å². The Kier molecular flexibility index (Phi) is 5.46. The van der Waals surface area contributed by atoms with E-state index < -0.39 is 5.60 Å². The summed E-state index contributed by atoms with van der Waals surface area (Å²) in [4.78, 5) is 22.4. The smallest absolute Gasteiger partial charge is 0.316 e. The first kappa shape index (κ1) is 14.5. The van der Waals surface area contributed by atoms with Crippen LogP contribution >= 0.6 is 11.8 Å². The molecule has 0 aliphatic carbocycles.